The first-order valence-corrected chi connectivity index (χ1v) is 4.42. The van der Waals surface area contributed by atoms with E-state index in [1.807, 2.05) is 13.8 Å². The van der Waals surface area contributed by atoms with Crippen molar-refractivity contribution in [2.75, 3.05) is 20.7 Å². The Morgan fingerprint density at radius 1 is 1.62 bits per heavy atom. The summed E-state index contributed by atoms with van der Waals surface area (Å²) in [6.45, 7) is 4.31. The van der Waals surface area contributed by atoms with Crippen LogP contribution in [0.1, 0.15) is 13.8 Å². The van der Waals surface area contributed by atoms with E-state index >= 15 is 0 Å². The van der Waals surface area contributed by atoms with Gasteiger partial charge in [-0.15, -0.1) is 0 Å². The molecule has 13 heavy (non-hydrogen) atoms. The van der Waals surface area contributed by atoms with Crippen LogP contribution >= 0.6 is 0 Å². The van der Waals surface area contributed by atoms with Crippen molar-refractivity contribution in [1.82, 2.24) is 4.90 Å². The number of rotatable bonds is 1. The van der Waals surface area contributed by atoms with Crippen LogP contribution in [-0.2, 0) is 9.53 Å². The van der Waals surface area contributed by atoms with Crippen molar-refractivity contribution in [2.24, 2.45) is 10.9 Å². The van der Waals surface area contributed by atoms with Crippen molar-refractivity contribution in [3.63, 3.8) is 0 Å². The largest absolute Gasteiger partial charge is 0.483 e. The van der Waals surface area contributed by atoms with Gasteiger partial charge in [-0.25, -0.2) is 4.99 Å². The fourth-order valence-corrected chi connectivity index (χ4v) is 1.59. The molecule has 0 N–H and O–H groups in total. The first-order chi connectivity index (χ1) is 6.07. The molecule has 0 radical (unpaired) electrons. The summed E-state index contributed by atoms with van der Waals surface area (Å²) in [6.07, 6.45) is 0. The maximum absolute atomic E-state index is 11.3. The molecule has 0 saturated carbocycles. The molecule has 1 aliphatic rings. The maximum Gasteiger partial charge on any atom is 0.244 e. The highest BCUT2D eigenvalue weighted by Crippen LogP contribution is 2.15. The quantitative estimate of drug-likeness (QED) is 0.596. The molecule has 1 rings (SSSR count). The molecule has 0 unspecified atom stereocenters. The second-order valence-electron chi connectivity index (χ2n) is 3.55. The highest BCUT2D eigenvalue weighted by Gasteiger charge is 2.32. The Labute approximate surface area is 78.6 Å². The predicted octanol–water partition coefficient (Wildman–Crippen LogP) is 0.528. The summed E-state index contributed by atoms with van der Waals surface area (Å²) >= 11 is 0. The standard InChI is InChI=1S/C9H16N2O2/c1-6(2)8-9(13-4)10-5-7(12)11(8)3/h6,8H,5H2,1-4H3/t8-/m0/s1. The number of nitrogens with zero attached hydrogens (tertiary/aromatic N) is 2. The number of ether oxygens (including phenoxy) is 1. The van der Waals surface area contributed by atoms with E-state index in [1.54, 1.807) is 19.1 Å². The van der Waals surface area contributed by atoms with E-state index in [-0.39, 0.29) is 18.5 Å². The lowest BCUT2D eigenvalue weighted by Crippen LogP contribution is -2.50. The predicted molar refractivity (Wildman–Crippen MR) is 50.7 cm³/mol. The molecule has 0 saturated heterocycles. The van der Waals surface area contributed by atoms with Gasteiger partial charge in [-0.3, -0.25) is 4.79 Å². The fourth-order valence-electron chi connectivity index (χ4n) is 1.59. The summed E-state index contributed by atoms with van der Waals surface area (Å²) in [6, 6.07) is -0.00810. The van der Waals surface area contributed by atoms with Crippen molar-refractivity contribution in [1.29, 1.82) is 0 Å². The van der Waals surface area contributed by atoms with Crippen LogP contribution in [0.4, 0.5) is 0 Å². The lowest BCUT2D eigenvalue weighted by molar-refractivity contribution is -0.130. The molecule has 1 atom stereocenters. The van der Waals surface area contributed by atoms with Gasteiger partial charge in [0.15, 0.2) is 0 Å². The van der Waals surface area contributed by atoms with E-state index in [0.29, 0.717) is 11.8 Å². The van der Waals surface area contributed by atoms with Crippen molar-refractivity contribution in [3.8, 4) is 0 Å². The summed E-state index contributed by atoms with van der Waals surface area (Å²) in [5, 5.41) is 0. The number of likely N-dealkylation sites (N-methyl/N-ethyl adjacent to an activating group) is 1. The Morgan fingerprint density at radius 2 is 2.23 bits per heavy atom. The third kappa shape index (κ3) is 1.82. The monoisotopic (exact) mass is 184 g/mol. The van der Waals surface area contributed by atoms with Gasteiger partial charge in [-0.05, 0) is 5.92 Å². The smallest absolute Gasteiger partial charge is 0.244 e. The first-order valence-electron chi connectivity index (χ1n) is 4.42. The van der Waals surface area contributed by atoms with E-state index in [0.717, 1.165) is 0 Å². The Bertz CT molecular complexity index is 236. The SMILES string of the molecule is COC1=NCC(=O)N(C)[C@H]1C(C)C. The maximum atomic E-state index is 11.3. The zero-order valence-corrected chi connectivity index (χ0v) is 8.57. The molecule has 0 aromatic heterocycles. The van der Waals surface area contributed by atoms with Crippen LogP contribution in [0.15, 0.2) is 4.99 Å². The molecule has 0 spiro atoms. The number of amides is 1. The topological polar surface area (TPSA) is 41.9 Å². The van der Waals surface area contributed by atoms with Gasteiger partial charge in [-0.1, -0.05) is 13.8 Å². The van der Waals surface area contributed by atoms with Gasteiger partial charge < -0.3 is 9.64 Å². The summed E-state index contributed by atoms with van der Waals surface area (Å²) in [4.78, 5) is 17.1. The molecule has 0 aromatic rings. The average molecular weight is 184 g/mol. The van der Waals surface area contributed by atoms with Gasteiger partial charge >= 0.3 is 0 Å². The van der Waals surface area contributed by atoms with Gasteiger partial charge in [-0.2, -0.15) is 0 Å². The Hall–Kier alpha value is -1.06. The van der Waals surface area contributed by atoms with E-state index in [1.165, 1.54) is 0 Å². The molecule has 0 fully saturated rings. The Balaban J connectivity index is 2.90. The minimum Gasteiger partial charge on any atom is -0.483 e. The highest BCUT2D eigenvalue weighted by molar-refractivity contribution is 5.93. The average Bonchev–Trinajstić information content (AvgIpc) is 2.08. The van der Waals surface area contributed by atoms with Gasteiger partial charge in [0.05, 0.1) is 7.11 Å². The van der Waals surface area contributed by atoms with Crippen molar-refractivity contribution < 1.29 is 9.53 Å². The molecule has 4 nitrogen and oxygen atoms in total. The summed E-state index contributed by atoms with van der Waals surface area (Å²) in [5.41, 5.74) is 0. The third-order valence-electron chi connectivity index (χ3n) is 2.27. The van der Waals surface area contributed by atoms with Crippen molar-refractivity contribution in [2.45, 2.75) is 19.9 Å². The molecule has 74 valence electrons. The van der Waals surface area contributed by atoms with Crippen LogP contribution in [0.2, 0.25) is 0 Å². The van der Waals surface area contributed by atoms with Crippen LogP contribution in [0.25, 0.3) is 0 Å². The summed E-state index contributed by atoms with van der Waals surface area (Å²) in [7, 11) is 3.39. The number of methoxy groups -OCH3 is 1. The van der Waals surface area contributed by atoms with Crippen molar-refractivity contribution >= 4 is 11.8 Å². The van der Waals surface area contributed by atoms with Crippen LogP contribution in [0, 0.1) is 5.92 Å². The number of aliphatic imine (C=N–C) groups is 1. The highest BCUT2D eigenvalue weighted by atomic mass is 16.5. The Kier molecular flexibility index (Phi) is 2.90. The number of hydrogen-bond donors (Lipinski definition) is 0. The molecule has 1 heterocycles. The number of carbonyl (C=O) groups is 1. The van der Waals surface area contributed by atoms with E-state index in [9.17, 15) is 4.79 Å². The number of hydrogen-bond acceptors (Lipinski definition) is 3. The molecule has 1 amide bonds. The summed E-state index contributed by atoms with van der Waals surface area (Å²) in [5.74, 6) is 1.05. The number of carbonyl (C=O) groups excluding carboxylic acids is 1. The van der Waals surface area contributed by atoms with Gasteiger partial charge in [0.1, 0.15) is 12.6 Å². The van der Waals surface area contributed by atoms with Gasteiger partial charge in [0.2, 0.25) is 11.8 Å². The molecule has 0 aromatic carbocycles. The fraction of sp³-hybridized carbons (Fsp3) is 0.778. The normalized spacial score (nSPS) is 23.5. The Morgan fingerprint density at radius 3 is 2.69 bits per heavy atom. The van der Waals surface area contributed by atoms with Crippen LogP contribution < -0.4 is 0 Å². The minimum absolute atomic E-state index is 0.00810. The molecule has 0 aliphatic carbocycles. The summed E-state index contributed by atoms with van der Waals surface area (Å²) < 4.78 is 5.14. The lowest BCUT2D eigenvalue weighted by Gasteiger charge is -2.33. The minimum atomic E-state index is -0.00810. The molecule has 4 heteroatoms. The zero-order valence-electron chi connectivity index (χ0n) is 8.57. The van der Waals surface area contributed by atoms with E-state index in [4.69, 9.17) is 4.74 Å². The van der Waals surface area contributed by atoms with Crippen molar-refractivity contribution in [3.05, 3.63) is 0 Å². The molecular formula is C9H16N2O2. The second-order valence-corrected chi connectivity index (χ2v) is 3.55. The van der Waals surface area contributed by atoms with Gasteiger partial charge in [0.25, 0.3) is 0 Å². The van der Waals surface area contributed by atoms with E-state index in [2.05, 4.69) is 4.99 Å². The lowest BCUT2D eigenvalue weighted by atomic mass is 10.0. The molecular weight excluding hydrogens is 168 g/mol. The first kappa shape index (κ1) is 10.0. The van der Waals surface area contributed by atoms with E-state index < -0.39 is 0 Å². The third-order valence-corrected chi connectivity index (χ3v) is 2.27. The van der Waals surface area contributed by atoms with Crippen LogP contribution in [0.5, 0.6) is 0 Å². The second kappa shape index (κ2) is 3.77. The van der Waals surface area contributed by atoms with Gasteiger partial charge in [0, 0.05) is 7.05 Å². The van der Waals surface area contributed by atoms with Crippen LogP contribution in [0.3, 0.4) is 0 Å². The van der Waals surface area contributed by atoms with Crippen LogP contribution in [-0.4, -0.2) is 43.4 Å². The zero-order chi connectivity index (χ0) is 10.0. The molecule has 1 aliphatic heterocycles. The molecule has 0 bridgehead atoms.